The van der Waals surface area contributed by atoms with Crippen LogP contribution < -0.4 is 5.32 Å². The maximum atomic E-state index is 13.4. The van der Waals surface area contributed by atoms with Crippen molar-refractivity contribution in [1.29, 1.82) is 0 Å². The van der Waals surface area contributed by atoms with Crippen LogP contribution in [-0.2, 0) is 4.79 Å². The summed E-state index contributed by atoms with van der Waals surface area (Å²) >= 11 is 0. The fourth-order valence-electron chi connectivity index (χ4n) is 3.08. The number of aromatic hydroxyl groups is 1. The molecule has 2 amide bonds. The monoisotopic (exact) mass is 360 g/mol. The molecule has 2 aromatic rings. The maximum absolute atomic E-state index is 13.4. The first kappa shape index (κ1) is 17.8. The van der Waals surface area contributed by atoms with Crippen molar-refractivity contribution in [3.8, 4) is 16.9 Å². The molecule has 136 valence electrons. The number of likely N-dealkylation sites (tertiary alicyclic amines) is 1. The first-order chi connectivity index (χ1) is 12.3. The van der Waals surface area contributed by atoms with Crippen LogP contribution in [0.1, 0.15) is 23.7 Å². The molecular formula is C19H18F2N2O3. The molecule has 1 atom stereocenters. The Labute approximate surface area is 149 Å². The number of hydrogen-bond donors (Lipinski definition) is 2. The van der Waals surface area contributed by atoms with Gasteiger partial charge in [0.05, 0.1) is 0 Å². The Hall–Kier alpha value is -2.96. The van der Waals surface area contributed by atoms with Crippen molar-refractivity contribution in [2.24, 2.45) is 0 Å². The Morgan fingerprint density at radius 2 is 1.85 bits per heavy atom. The summed E-state index contributed by atoms with van der Waals surface area (Å²) in [6, 6.07) is 8.50. The normalized spacial score (nSPS) is 16.6. The fourth-order valence-corrected chi connectivity index (χ4v) is 3.08. The lowest BCUT2D eigenvalue weighted by Gasteiger charge is -2.17. The fraction of sp³-hybridized carbons (Fsp3) is 0.263. The molecule has 3 rings (SSSR count). The minimum absolute atomic E-state index is 0.0408. The number of phenolic OH excluding ortho intramolecular Hbond substituents is 1. The Balaban J connectivity index is 1.74. The lowest BCUT2D eigenvalue weighted by atomic mass is 10.0. The van der Waals surface area contributed by atoms with Gasteiger partial charge in [0.2, 0.25) is 5.91 Å². The zero-order valence-corrected chi connectivity index (χ0v) is 14.1. The SMILES string of the molecule is CC(=O)N[C@H]1CCN(C(=O)c2ccc(-c3cc(O)c(F)c(F)c3)cc2)C1. The van der Waals surface area contributed by atoms with E-state index in [2.05, 4.69) is 5.32 Å². The summed E-state index contributed by atoms with van der Waals surface area (Å²) in [7, 11) is 0. The number of amides is 2. The minimum atomic E-state index is -1.29. The van der Waals surface area contributed by atoms with Crippen LogP contribution in [-0.4, -0.2) is 41.0 Å². The van der Waals surface area contributed by atoms with Crippen molar-refractivity contribution in [2.75, 3.05) is 13.1 Å². The topological polar surface area (TPSA) is 69.6 Å². The van der Waals surface area contributed by atoms with E-state index in [1.807, 2.05) is 0 Å². The quantitative estimate of drug-likeness (QED) is 0.884. The van der Waals surface area contributed by atoms with E-state index < -0.39 is 17.4 Å². The molecule has 7 heteroatoms. The van der Waals surface area contributed by atoms with Gasteiger partial charge in [-0.3, -0.25) is 9.59 Å². The van der Waals surface area contributed by atoms with Crippen LogP contribution in [0.3, 0.4) is 0 Å². The minimum Gasteiger partial charge on any atom is -0.505 e. The molecule has 2 N–H and O–H groups in total. The zero-order valence-electron chi connectivity index (χ0n) is 14.1. The Morgan fingerprint density at radius 3 is 2.46 bits per heavy atom. The summed E-state index contributed by atoms with van der Waals surface area (Å²) < 4.78 is 26.6. The third kappa shape index (κ3) is 3.66. The number of halogens is 2. The number of phenols is 1. The highest BCUT2D eigenvalue weighted by Gasteiger charge is 2.27. The summed E-state index contributed by atoms with van der Waals surface area (Å²) in [6.45, 7) is 2.46. The average Bonchev–Trinajstić information content (AvgIpc) is 3.06. The van der Waals surface area contributed by atoms with E-state index >= 15 is 0 Å². The van der Waals surface area contributed by atoms with Crippen LogP contribution >= 0.6 is 0 Å². The second-order valence-electron chi connectivity index (χ2n) is 6.31. The van der Waals surface area contributed by atoms with Crippen LogP contribution in [0.2, 0.25) is 0 Å². The van der Waals surface area contributed by atoms with Gasteiger partial charge in [0.25, 0.3) is 5.91 Å². The first-order valence-electron chi connectivity index (χ1n) is 8.20. The molecule has 1 aliphatic heterocycles. The molecule has 0 spiro atoms. The van der Waals surface area contributed by atoms with Gasteiger partial charge in [0, 0.05) is 31.6 Å². The summed E-state index contributed by atoms with van der Waals surface area (Å²) in [5, 5.41) is 12.2. The third-order valence-corrected chi connectivity index (χ3v) is 4.36. The predicted octanol–water partition coefficient (Wildman–Crippen LogP) is 2.69. The van der Waals surface area contributed by atoms with Crippen LogP contribution in [0.15, 0.2) is 36.4 Å². The number of benzene rings is 2. The molecule has 26 heavy (non-hydrogen) atoms. The van der Waals surface area contributed by atoms with Gasteiger partial charge in [-0.25, -0.2) is 4.39 Å². The smallest absolute Gasteiger partial charge is 0.253 e. The van der Waals surface area contributed by atoms with Crippen molar-refractivity contribution >= 4 is 11.8 Å². The molecule has 0 aromatic heterocycles. The molecule has 2 aromatic carbocycles. The summed E-state index contributed by atoms with van der Waals surface area (Å²) in [4.78, 5) is 25.3. The highest BCUT2D eigenvalue weighted by molar-refractivity contribution is 5.95. The van der Waals surface area contributed by atoms with Gasteiger partial charge in [0.15, 0.2) is 17.4 Å². The number of nitrogens with one attached hydrogen (secondary N) is 1. The lowest BCUT2D eigenvalue weighted by Crippen LogP contribution is -2.37. The van der Waals surface area contributed by atoms with Crippen LogP contribution in [0.25, 0.3) is 11.1 Å². The lowest BCUT2D eigenvalue weighted by molar-refractivity contribution is -0.119. The Morgan fingerprint density at radius 1 is 1.15 bits per heavy atom. The predicted molar refractivity (Wildman–Crippen MR) is 91.6 cm³/mol. The molecule has 1 heterocycles. The summed E-state index contributed by atoms with van der Waals surface area (Å²) in [5.41, 5.74) is 1.32. The zero-order chi connectivity index (χ0) is 18.8. The van der Waals surface area contributed by atoms with Gasteiger partial charge >= 0.3 is 0 Å². The second-order valence-corrected chi connectivity index (χ2v) is 6.31. The molecule has 5 nitrogen and oxygen atoms in total. The van der Waals surface area contributed by atoms with Crippen molar-refractivity contribution in [3.63, 3.8) is 0 Å². The highest BCUT2D eigenvalue weighted by Crippen LogP contribution is 2.28. The van der Waals surface area contributed by atoms with E-state index in [-0.39, 0.29) is 17.9 Å². The van der Waals surface area contributed by atoms with E-state index in [1.54, 1.807) is 29.2 Å². The largest absolute Gasteiger partial charge is 0.505 e. The van der Waals surface area contributed by atoms with Gasteiger partial charge in [-0.2, -0.15) is 4.39 Å². The van der Waals surface area contributed by atoms with Gasteiger partial charge < -0.3 is 15.3 Å². The van der Waals surface area contributed by atoms with E-state index in [4.69, 9.17) is 0 Å². The van der Waals surface area contributed by atoms with E-state index in [0.29, 0.717) is 36.2 Å². The summed E-state index contributed by atoms with van der Waals surface area (Å²) in [5.74, 6) is -3.47. The molecule has 1 fully saturated rings. The standard InChI is InChI=1S/C19H18F2N2O3/c1-11(24)22-15-6-7-23(10-15)19(26)13-4-2-12(3-5-13)14-8-16(20)18(21)17(25)9-14/h2-5,8-9,15,25H,6-7,10H2,1H3,(H,22,24)/t15-/m0/s1. The molecule has 0 unspecified atom stereocenters. The van der Waals surface area contributed by atoms with Crippen molar-refractivity contribution in [1.82, 2.24) is 10.2 Å². The molecule has 1 aliphatic rings. The van der Waals surface area contributed by atoms with Gasteiger partial charge in [-0.05, 0) is 41.8 Å². The first-order valence-corrected chi connectivity index (χ1v) is 8.20. The molecule has 0 aliphatic carbocycles. The maximum Gasteiger partial charge on any atom is 0.253 e. The van der Waals surface area contributed by atoms with Crippen LogP contribution in [0.5, 0.6) is 5.75 Å². The Bertz CT molecular complexity index is 829. The molecule has 1 saturated heterocycles. The number of hydrogen-bond acceptors (Lipinski definition) is 3. The van der Waals surface area contributed by atoms with Crippen molar-refractivity contribution < 1.29 is 23.5 Å². The van der Waals surface area contributed by atoms with E-state index in [9.17, 15) is 23.5 Å². The third-order valence-electron chi connectivity index (χ3n) is 4.36. The van der Waals surface area contributed by atoms with Crippen LogP contribution in [0.4, 0.5) is 8.78 Å². The average molecular weight is 360 g/mol. The van der Waals surface area contributed by atoms with Gasteiger partial charge in [0.1, 0.15) is 0 Å². The molecular weight excluding hydrogens is 342 g/mol. The molecule has 0 saturated carbocycles. The van der Waals surface area contributed by atoms with Crippen molar-refractivity contribution in [3.05, 3.63) is 53.6 Å². The van der Waals surface area contributed by atoms with Gasteiger partial charge in [-0.1, -0.05) is 12.1 Å². The number of carbonyl (C=O) groups excluding carboxylic acids is 2. The van der Waals surface area contributed by atoms with E-state index in [0.717, 1.165) is 12.1 Å². The van der Waals surface area contributed by atoms with Crippen LogP contribution in [0, 0.1) is 11.6 Å². The second kappa shape index (κ2) is 7.11. The summed E-state index contributed by atoms with van der Waals surface area (Å²) in [6.07, 6.45) is 0.706. The Kier molecular flexibility index (Phi) is 4.88. The molecule has 0 radical (unpaired) electrons. The number of carbonyl (C=O) groups is 2. The highest BCUT2D eigenvalue weighted by atomic mass is 19.2. The van der Waals surface area contributed by atoms with Crippen molar-refractivity contribution in [2.45, 2.75) is 19.4 Å². The number of rotatable bonds is 3. The van der Waals surface area contributed by atoms with E-state index in [1.165, 1.54) is 6.92 Å². The van der Waals surface area contributed by atoms with Gasteiger partial charge in [-0.15, -0.1) is 0 Å². The number of nitrogens with zero attached hydrogens (tertiary/aromatic N) is 1. The molecule has 0 bridgehead atoms.